The van der Waals surface area contributed by atoms with E-state index in [0.29, 0.717) is 11.3 Å². The van der Waals surface area contributed by atoms with Gasteiger partial charge in [0.1, 0.15) is 17.1 Å². The van der Waals surface area contributed by atoms with Crippen molar-refractivity contribution in [2.24, 2.45) is 5.73 Å². The van der Waals surface area contributed by atoms with Gasteiger partial charge in [0.25, 0.3) is 0 Å². The van der Waals surface area contributed by atoms with Gasteiger partial charge >= 0.3 is 6.18 Å². The number of para-hydroxylation sites is 1. The van der Waals surface area contributed by atoms with E-state index in [1.165, 1.54) is 12.1 Å². The molecule has 0 fully saturated rings. The first kappa shape index (κ1) is 18.7. The first-order chi connectivity index (χ1) is 14.8. The summed E-state index contributed by atoms with van der Waals surface area (Å²) in [7, 11) is 0. The highest BCUT2D eigenvalue weighted by molar-refractivity contribution is 6.14. The molecule has 3 aromatic rings. The van der Waals surface area contributed by atoms with Crippen molar-refractivity contribution in [3.05, 3.63) is 76.7 Å². The Balaban J connectivity index is 1.91. The molecule has 2 aromatic carbocycles. The van der Waals surface area contributed by atoms with Crippen LogP contribution in [0.4, 0.5) is 18.9 Å². The number of carbonyl (C=O) groups excluding carboxylic acids is 1. The quantitative estimate of drug-likeness (QED) is 0.555. The van der Waals surface area contributed by atoms with E-state index in [0.717, 1.165) is 6.07 Å². The van der Waals surface area contributed by atoms with Gasteiger partial charge < -0.3 is 15.8 Å². The van der Waals surface area contributed by atoms with Gasteiger partial charge in [-0.3, -0.25) is 9.89 Å². The highest BCUT2D eigenvalue weighted by Gasteiger charge is 2.60. The van der Waals surface area contributed by atoms with E-state index in [2.05, 4.69) is 15.5 Å². The van der Waals surface area contributed by atoms with Crippen molar-refractivity contribution in [1.29, 1.82) is 5.26 Å². The summed E-state index contributed by atoms with van der Waals surface area (Å²) in [4.78, 5) is 13.4. The second kappa shape index (κ2) is 6.12. The molecule has 0 saturated carbocycles. The third-order valence-electron chi connectivity index (χ3n) is 5.46. The smallest absolute Gasteiger partial charge is 0.418 e. The fourth-order valence-corrected chi connectivity index (χ4v) is 4.23. The number of nitrogens with zero attached hydrogens (tertiary/aromatic N) is 2. The number of anilines is 1. The predicted molar refractivity (Wildman–Crippen MR) is 102 cm³/mol. The number of nitrogens with one attached hydrogen (secondary N) is 2. The van der Waals surface area contributed by atoms with Crippen molar-refractivity contribution in [2.45, 2.75) is 11.6 Å². The van der Waals surface area contributed by atoms with E-state index in [9.17, 15) is 23.2 Å². The summed E-state index contributed by atoms with van der Waals surface area (Å²) >= 11 is 0. The molecule has 154 valence electrons. The lowest BCUT2D eigenvalue weighted by molar-refractivity contribution is -0.136. The number of carbonyl (C=O) groups is 1. The van der Waals surface area contributed by atoms with Crippen LogP contribution in [0.5, 0.6) is 5.88 Å². The number of fused-ring (bicyclic) bond motifs is 4. The van der Waals surface area contributed by atoms with Crippen molar-refractivity contribution < 1.29 is 22.7 Å². The van der Waals surface area contributed by atoms with Crippen LogP contribution in [-0.4, -0.2) is 16.1 Å². The first-order valence-electron chi connectivity index (χ1n) is 9.04. The van der Waals surface area contributed by atoms with Crippen LogP contribution < -0.4 is 15.8 Å². The largest absolute Gasteiger partial charge is 0.420 e. The number of hydrogen-bond acceptors (Lipinski definition) is 5. The van der Waals surface area contributed by atoms with Crippen LogP contribution in [0, 0.1) is 11.3 Å². The summed E-state index contributed by atoms with van der Waals surface area (Å²) < 4.78 is 46.5. The van der Waals surface area contributed by atoms with Gasteiger partial charge in [-0.2, -0.15) is 18.4 Å². The molecule has 1 atom stereocenters. The lowest BCUT2D eigenvalue weighted by atomic mass is 9.68. The van der Waals surface area contributed by atoms with E-state index >= 15 is 0 Å². The number of nitrogens with two attached hydrogens (primary N) is 1. The topological polar surface area (TPSA) is 117 Å². The van der Waals surface area contributed by atoms with Gasteiger partial charge in [0.15, 0.2) is 0 Å². The zero-order chi connectivity index (χ0) is 22.0. The molecule has 7 nitrogen and oxygen atoms in total. The van der Waals surface area contributed by atoms with E-state index in [4.69, 9.17) is 10.5 Å². The van der Waals surface area contributed by atoms with Gasteiger partial charge in [-0.1, -0.05) is 42.5 Å². The monoisotopic (exact) mass is 423 g/mol. The molecule has 0 unspecified atom stereocenters. The standard InChI is InChI=1S/C21H12F3N5O2/c22-21(23,24)12-8-4-7-11-16(12)27-19(30)20(11)13(9-25)17(26)31-18-14(20)15(28-29-18)10-5-2-1-3-6-10/h1-8H,26H2,(H,27,30)(H,28,29)/t20-/m1/s1. The summed E-state index contributed by atoms with van der Waals surface area (Å²) in [5.41, 5.74) is 3.22. The van der Waals surface area contributed by atoms with Crippen LogP contribution in [0.1, 0.15) is 16.7 Å². The zero-order valence-corrected chi connectivity index (χ0v) is 15.5. The number of nitriles is 1. The Kier molecular flexibility index (Phi) is 3.70. The molecule has 31 heavy (non-hydrogen) atoms. The lowest BCUT2D eigenvalue weighted by Crippen LogP contribution is -2.42. The fourth-order valence-electron chi connectivity index (χ4n) is 4.23. The molecule has 2 aliphatic heterocycles. The number of amides is 1. The zero-order valence-electron chi connectivity index (χ0n) is 15.5. The summed E-state index contributed by atoms with van der Waals surface area (Å²) in [6, 6.07) is 14.0. The van der Waals surface area contributed by atoms with Crippen LogP contribution in [0.25, 0.3) is 11.3 Å². The molecule has 0 aliphatic carbocycles. The molecule has 5 rings (SSSR count). The van der Waals surface area contributed by atoms with Crippen LogP contribution in [-0.2, 0) is 16.4 Å². The fraction of sp³-hybridized carbons (Fsp3) is 0.0952. The Labute approximate surface area is 172 Å². The molecule has 1 amide bonds. The number of rotatable bonds is 1. The molecule has 1 aromatic heterocycles. The minimum atomic E-state index is -4.72. The van der Waals surface area contributed by atoms with Crippen molar-refractivity contribution in [3.8, 4) is 23.2 Å². The molecule has 2 aliphatic rings. The highest BCUT2D eigenvalue weighted by atomic mass is 19.4. The maximum Gasteiger partial charge on any atom is 0.418 e. The van der Waals surface area contributed by atoms with Crippen LogP contribution in [0.3, 0.4) is 0 Å². The Bertz CT molecular complexity index is 1320. The molecule has 0 saturated heterocycles. The Morgan fingerprint density at radius 2 is 1.87 bits per heavy atom. The average Bonchev–Trinajstić information content (AvgIpc) is 3.28. The molecule has 3 heterocycles. The van der Waals surface area contributed by atoms with E-state index in [1.54, 1.807) is 30.3 Å². The molecule has 4 N–H and O–H groups in total. The van der Waals surface area contributed by atoms with Gasteiger partial charge in [0.2, 0.25) is 17.7 Å². The SMILES string of the molecule is N#CC1=C(N)Oc2n[nH]c(-c3ccccc3)c2[C@]12C(=O)Nc1c(C(F)(F)F)cccc12. The Morgan fingerprint density at radius 3 is 2.55 bits per heavy atom. The number of aromatic amines is 1. The van der Waals surface area contributed by atoms with E-state index < -0.39 is 34.6 Å². The van der Waals surface area contributed by atoms with Crippen LogP contribution in [0.15, 0.2) is 60.0 Å². The molecular formula is C21H12F3N5O2. The maximum absolute atomic E-state index is 13.7. The second-order valence-electron chi connectivity index (χ2n) is 7.03. The number of H-pyrrole nitrogens is 1. The Morgan fingerprint density at radius 1 is 1.13 bits per heavy atom. The number of alkyl halides is 3. The predicted octanol–water partition coefficient (Wildman–Crippen LogP) is 3.42. The van der Waals surface area contributed by atoms with Gasteiger partial charge in [-0.25, -0.2) is 0 Å². The minimum Gasteiger partial charge on any atom is -0.420 e. The first-order valence-corrected chi connectivity index (χ1v) is 9.04. The van der Waals surface area contributed by atoms with Crippen LogP contribution >= 0.6 is 0 Å². The number of ether oxygens (including phenoxy) is 1. The maximum atomic E-state index is 13.7. The second-order valence-corrected chi connectivity index (χ2v) is 7.03. The van der Waals surface area contributed by atoms with E-state index in [1.807, 2.05) is 6.07 Å². The van der Waals surface area contributed by atoms with Gasteiger partial charge in [0, 0.05) is 11.1 Å². The summed E-state index contributed by atoms with van der Waals surface area (Å²) in [6.45, 7) is 0. The third kappa shape index (κ3) is 2.34. The van der Waals surface area contributed by atoms with E-state index in [-0.39, 0.29) is 22.6 Å². The number of hydrogen-bond donors (Lipinski definition) is 3. The molecule has 10 heteroatoms. The molecular weight excluding hydrogens is 411 g/mol. The molecule has 1 spiro atoms. The Hall–Kier alpha value is -4.26. The van der Waals surface area contributed by atoms with Gasteiger partial charge in [-0.05, 0) is 6.07 Å². The van der Waals surface area contributed by atoms with Gasteiger partial charge in [-0.15, -0.1) is 5.10 Å². The third-order valence-corrected chi connectivity index (χ3v) is 5.46. The van der Waals surface area contributed by atoms with Crippen molar-refractivity contribution in [2.75, 3.05) is 5.32 Å². The summed E-state index contributed by atoms with van der Waals surface area (Å²) in [5, 5.41) is 19.1. The average molecular weight is 423 g/mol. The van der Waals surface area contributed by atoms with Crippen LogP contribution in [0.2, 0.25) is 0 Å². The lowest BCUT2D eigenvalue weighted by Gasteiger charge is -2.32. The van der Waals surface area contributed by atoms with Crippen molar-refractivity contribution >= 4 is 11.6 Å². The minimum absolute atomic E-state index is 0.0463. The summed E-state index contributed by atoms with van der Waals surface area (Å²) in [6.07, 6.45) is -4.72. The van der Waals surface area contributed by atoms with Crippen molar-refractivity contribution in [3.63, 3.8) is 0 Å². The molecule has 0 radical (unpaired) electrons. The van der Waals surface area contributed by atoms with Crippen molar-refractivity contribution in [1.82, 2.24) is 10.2 Å². The van der Waals surface area contributed by atoms with Gasteiger partial charge in [0.05, 0.1) is 22.5 Å². The number of halogens is 3. The summed E-state index contributed by atoms with van der Waals surface area (Å²) in [5.74, 6) is -1.33. The number of aromatic nitrogens is 2. The highest BCUT2D eigenvalue weighted by Crippen LogP contribution is 2.57. The molecule has 0 bridgehead atoms. The normalized spacial score (nSPS) is 19.5. The number of benzene rings is 2.